The van der Waals surface area contributed by atoms with Gasteiger partial charge < -0.3 is 19.8 Å². The molecule has 0 saturated carbocycles. The normalized spacial score (nSPS) is 8.91. The molecular formula is C6H8CuO4. The van der Waals surface area contributed by atoms with Crippen molar-refractivity contribution in [3.63, 3.8) is 0 Å². The molecule has 0 rings (SSSR count). The number of hydrogen-bond acceptors (Lipinski definition) is 4. The van der Waals surface area contributed by atoms with Crippen LogP contribution in [0, 0.1) is 5.92 Å². The van der Waals surface area contributed by atoms with Crippen molar-refractivity contribution < 1.29 is 36.9 Å². The summed E-state index contributed by atoms with van der Waals surface area (Å²) in [5, 5.41) is 19.7. The van der Waals surface area contributed by atoms with Gasteiger partial charge in [-0.2, -0.15) is 0 Å². The van der Waals surface area contributed by atoms with Crippen molar-refractivity contribution in [1.82, 2.24) is 0 Å². The smallest absolute Gasteiger partial charge is 0.550 e. The van der Waals surface area contributed by atoms with Gasteiger partial charge in [0.05, 0.1) is 0 Å². The van der Waals surface area contributed by atoms with E-state index in [2.05, 4.69) is 0 Å². The Labute approximate surface area is 75.1 Å². The predicted octanol–water partition coefficient (Wildman–Crippen LogP) is -2.10. The fraction of sp³-hybridized carbons (Fsp3) is 0.667. The van der Waals surface area contributed by atoms with Crippen LogP contribution in [0.15, 0.2) is 0 Å². The largest absolute Gasteiger partial charge is 2.00 e. The van der Waals surface area contributed by atoms with Crippen LogP contribution >= 0.6 is 0 Å². The first kappa shape index (κ1) is 13.1. The van der Waals surface area contributed by atoms with Crippen molar-refractivity contribution in [2.24, 2.45) is 5.92 Å². The quantitative estimate of drug-likeness (QED) is 0.495. The van der Waals surface area contributed by atoms with Crippen molar-refractivity contribution in [1.29, 1.82) is 0 Å². The van der Waals surface area contributed by atoms with Crippen LogP contribution in [-0.4, -0.2) is 11.9 Å². The molecule has 0 aliphatic heterocycles. The maximum absolute atomic E-state index is 9.87. The molecule has 0 amide bonds. The van der Waals surface area contributed by atoms with E-state index in [0.717, 1.165) is 0 Å². The fourth-order valence-electron chi connectivity index (χ4n) is 0.641. The van der Waals surface area contributed by atoms with E-state index in [9.17, 15) is 19.8 Å². The van der Waals surface area contributed by atoms with Gasteiger partial charge in [0.1, 0.15) is 0 Å². The van der Waals surface area contributed by atoms with Crippen LogP contribution in [0.3, 0.4) is 0 Å². The summed E-state index contributed by atoms with van der Waals surface area (Å²) in [6.45, 7) is 1.52. The Kier molecular flexibility index (Phi) is 7.36. The van der Waals surface area contributed by atoms with Crippen molar-refractivity contribution in [2.45, 2.75) is 19.8 Å². The molecule has 0 aliphatic rings. The molecule has 1 radical (unpaired) electrons. The number of carboxylic acid groups (broad SMARTS) is 2. The van der Waals surface area contributed by atoms with Gasteiger partial charge in [-0.15, -0.1) is 0 Å². The Morgan fingerprint density at radius 2 is 1.45 bits per heavy atom. The summed E-state index contributed by atoms with van der Waals surface area (Å²) in [6.07, 6.45) is -0.456. The summed E-state index contributed by atoms with van der Waals surface area (Å²) >= 11 is 0. The summed E-state index contributed by atoms with van der Waals surface area (Å²) < 4.78 is 0. The molecule has 0 aromatic heterocycles. The Morgan fingerprint density at radius 1 is 1.18 bits per heavy atom. The van der Waals surface area contributed by atoms with Crippen molar-refractivity contribution in [3.8, 4) is 0 Å². The predicted molar refractivity (Wildman–Crippen MR) is 28.4 cm³/mol. The number of carboxylic acids is 2. The van der Waals surface area contributed by atoms with E-state index >= 15 is 0 Å². The summed E-state index contributed by atoms with van der Waals surface area (Å²) in [6, 6.07) is 0. The van der Waals surface area contributed by atoms with Gasteiger partial charge in [-0.1, -0.05) is 6.92 Å². The van der Waals surface area contributed by atoms with Gasteiger partial charge >= 0.3 is 17.1 Å². The average Bonchev–Trinajstić information content (AvgIpc) is 1.58. The fourth-order valence-corrected chi connectivity index (χ4v) is 0.641. The van der Waals surface area contributed by atoms with E-state index in [4.69, 9.17) is 0 Å². The Bertz CT molecular complexity index is 130. The zero-order valence-electron chi connectivity index (χ0n) is 5.93. The molecule has 4 nitrogen and oxygen atoms in total. The van der Waals surface area contributed by atoms with E-state index in [-0.39, 0.29) is 29.9 Å². The molecule has 0 unspecified atom stereocenters. The standard InChI is InChI=1S/C6H10O4.Cu/c1-4(2-5(7)8)3-6(9)10;/h4H,2-3H2,1H3,(H,7,8)(H,9,10);/q;+2/p-2. The minimum atomic E-state index is -1.23. The second-order valence-corrected chi connectivity index (χ2v) is 2.26. The van der Waals surface area contributed by atoms with Gasteiger partial charge in [0.15, 0.2) is 0 Å². The molecule has 0 aromatic rings. The summed E-state index contributed by atoms with van der Waals surface area (Å²) in [7, 11) is 0. The van der Waals surface area contributed by atoms with Gasteiger partial charge in [-0.05, 0) is 18.8 Å². The first-order valence-corrected chi connectivity index (χ1v) is 2.92. The molecule has 0 aliphatic carbocycles. The third-order valence-electron chi connectivity index (χ3n) is 1.03. The SMILES string of the molecule is CC(CC(=O)[O-])CC(=O)[O-].[Cu+2]. The molecule has 0 heterocycles. The Balaban J connectivity index is 0. The molecule has 0 aromatic carbocycles. The van der Waals surface area contributed by atoms with Crippen LogP contribution in [-0.2, 0) is 26.7 Å². The number of aliphatic carboxylic acids is 2. The van der Waals surface area contributed by atoms with Crippen LogP contribution in [0.2, 0.25) is 0 Å². The molecule has 0 spiro atoms. The monoisotopic (exact) mass is 207 g/mol. The zero-order chi connectivity index (χ0) is 8.15. The third-order valence-corrected chi connectivity index (χ3v) is 1.03. The van der Waals surface area contributed by atoms with Crippen molar-refractivity contribution >= 4 is 11.9 Å². The van der Waals surface area contributed by atoms with E-state index in [0.29, 0.717) is 0 Å². The van der Waals surface area contributed by atoms with Gasteiger partial charge in [-0.3, -0.25) is 0 Å². The molecule has 0 fully saturated rings. The average molecular weight is 208 g/mol. The molecule has 0 saturated heterocycles. The third kappa shape index (κ3) is 9.46. The van der Waals surface area contributed by atoms with Crippen LogP contribution in [0.25, 0.3) is 0 Å². The second-order valence-electron chi connectivity index (χ2n) is 2.26. The first-order chi connectivity index (χ1) is 4.52. The van der Waals surface area contributed by atoms with Crippen LogP contribution in [0.1, 0.15) is 19.8 Å². The molecule has 67 valence electrons. The van der Waals surface area contributed by atoms with Gasteiger partial charge in [0.25, 0.3) is 0 Å². The van der Waals surface area contributed by atoms with E-state index in [1.807, 2.05) is 0 Å². The van der Waals surface area contributed by atoms with E-state index in [1.165, 1.54) is 6.92 Å². The maximum Gasteiger partial charge on any atom is 2.00 e. The second kappa shape index (κ2) is 6.19. The van der Waals surface area contributed by atoms with Gasteiger partial charge in [0, 0.05) is 11.9 Å². The summed E-state index contributed by atoms with van der Waals surface area (Å²) in [5.74, 6) is -2.86. The van der Waals surface area contributed by atoms with Crippen LogP contribution in [0.4, 0.5) is 0 Å². The molecule has 5 heteroatoms. The summed E-state index contributed by atoms with van der Waals surface area (Å²) in [4.78, 5) is 19.7. The minimum absolute atomic E-state index is 0. The first-order valence-electron chi connectivity index (χ1n) is 2.92. The molecule has 0 atom stereocenters. The Hall–Kier alpha value is -0.541. The molecule has 0 bridgehead atoms. The number of hydrogen-bond donors (Lipinski definition) is 0. The molecule has 0 N–H and O–H groups in total. The zero-order valence-corrected chi connectivity index (χ0v) is 6.87. The minimum Gasteiger partial charge on any atom is -0.550 e. The molecular weight excluding hydrogens is 200 g/mol. The summed E-state index contributed by atoms with van der Waals surface area (Å²) in [5.41, 5.74) is 0. The number of rotatable bonds is 4. The topological polar surface area (TPSA) is 80.3 Å². The number of carbonyl (C=O) groups excluding carboxylic acids is 2. The Morgan fingerprint density at radius 3 is 1.64 bits per heavy atom. The van der Waals surface area contributed by atoms with Gasteiger partial charge in [-0.25, -0.2) is 0 Å². The van der Waals surface area contributed by atoms with Crippen LogP contribution < -0.4 is 10.2 Å². The van der Waals surface area contributed by atoms with Gasteiger partial charge in [0.2, 0.25) is 0 Å². The van der Waals surface area contributed by atoms with Crippen LogP contribution in [0.5, 0.6) is 0 Å². The number of carbonyl (C=O) groups is 2. The van der Waals surface area contributed by atoms with Crippen molar-refractivity contribution in [3.05, 3.63) is 0 Å². The van der Waals surface area contributed by atoms with E-state index in [1.54, 1.807) is 0 Å². The van der Waals surface area contributed by atoms with Crippen molar-refractivity contribution in [2.75, 3.05) is 0 Å². The maximum atomic E-state index is 9.87. The molecule has 11 heavy (non-hydrogen) atoms. The van der Waals surface area contributed by atoms with E-state index < -0.39 is 17.9 Å².